The molecule has 0 atom stereocenters. The van der Waals surface area contributed by atoms with E-state index in [9.17, 15) is 4.79 Å². The maximum absolute atomic E-state index is 11.9. The highest BCUT2D eigenvalue weighted by atomic mass is 127. The molecule has 0 radical (unpaired) electrons. The fourth-order valence-electron chi connectivity index (χ4n) is 2.04. The number of nitrogens with zero attached hydrogens (tertiary/aromatic N) is 1. The van der Waals surface area contributed by atoms with Gasteiger partial charge in [0, 0.05) is 5.69 Å². The molecule has 2 amide bonds. The lowest BCUT2D eigenvalue weighted by molar-refractivity contribution is 0.252. The van der Waals surface area contributed by atoms with Crippen LogP contribution in [0.2, 0.25) is 0 Å². The molecular weight excluding hydrogens is 421 g/mol. The number of carbonyl (C=O) groups excluding carboxylic acids is 1. The van der Waals surface area contributed by atoms with Crippen molar-refractivity contribution in [1.29, 1.82) is 0 Å². The lowest BCUT2D eigenvalue weighted by Gasteiger charge is -2.10. The van der Waals surface area contributed by atoms with Crippen molar-refractivity contribution in [2.24, 2.45) is 5.10 Å². The molecule has 0 aromatic heterocycles. The zero-order valence-electron chi connectivity index (χ0n) is 13.6. The van der Waals surface area contributed by atoms with Crippen molar-refractivity contribution >= 4 is 40.5 Å². The van der Waals surface area contributed by atoms with Gasteiger partial charge in [-0.25, -0.2) is 10.2 Å². The normalized spacial score (nSPS) is 10.5. The minimum Gasteiger partial charge on any atom is -0.493 e. The summed E-state index contributed by atoms with van der Waals surface area (Å²) >= 11 is 2.15. The molecule has 126 valence electrons. The number of hydrogen-bond donors (Lipinski definition) is 2. The number of ether oxygens (including phenoxy) is 2. The maximum atomic E-state index is 11.9. The van der Waals surface area contributed by atoms with Crippen LogP contribution in [0.3, 0.4) is 0 Å². The van der Waals surface area contributed by atoms with Crippen molar-refractivity contribution in [1.82, 2.24) is 5.43 Å². The van der Waals surface area contributed by atoms with Gasteiger partial charge in [-0.2, -0.15) is 5.10 Å². The molecule has 2 N–H and O–H groups in total. The average Bonchev–Trinajstić information content (AvgIpc) is 2.56. The monoisotopic (exact) mass is 439 g/mol. The van der Waals surface area contributed by atoms with E-state index in [0.29, 0.717) is 11.5 Å². The summed E-state index contributed by atoms with van der Waals surface area (Å²) in [4.78, 5) is 11.9. The number of anilines is 1. The van der Waals surface area contributed by atoms with Crippen LogP contribution in [0.4, 0.5) is 10.5 Å². The second-order valence-electron chi connectivity index (χ2n) is 4.88. The van der Waals surface area contributed by atoms with Crippen LogP contribution in [-0.4, -0.2) is 26.5 Å². The van der Waals surface area contributed by atoms with Gasteiger partial charge in [0.15, 0.2) is 11.5 Å². The first-order valence-corrected chi connectivity index (χ1v) is 8.20. The average molecular weight is 439 g/mol. The molecule has 7 heteroatoms. The summed E-state index contributed by atoms with van der Waals surface area (Å²) in [6.45, 7) is 1.92. The largest absolute Gasteiger partial charge is 0.493 e. The third-order valence-corrected chi connectivity index (χ3v) is 4.03. The number of hydrazone groups is 1. The summed E-state index contributed by atoms with van der Waals surface area (Å²) < 4.78 is 11.5. The summed E-state index contributed by atoms with van der Waals surface area (Å²) in [5.74, 6) is 1.27. The summed E-state index contributed by atoms with van der Waals surface area (Å²) in [6, 6.07) is 10.8. The van der Waals surface area contributed by atoms with Crippen LogP contribution in [0.15, 0.2) is 41.5 Å². The molecule has 0 aliphatic heterocycles. The number of methoxy groups -OCH3 is 2. The number of benzene rings is 2. The van der Waals surface area contributed by atoms with Crippen LogP contribution >= 0.6 is 22.6 Å². The van der Waals surface area contributed by atoms with Crippen LogP contribution in [0.5, 0.6) is 11.5 Å². The van der Waals surface area contributed by atoms with E-state index < -0.39 is 6.03 Å². The molecule has 0 aliphatic carbocycles. The van der Waals surface area contributed by atoms with Gasteiger partial charge in [-0.15, -0.1) is 0 Å². The van der Waals surface area contributed by atoms with Crippen molar-refractivity contribution < 1.29 is 14.3 Å². The van der Waals surface area contributed by atoms with Crippen molar-refractivity contribution in [2.45, 2.75) is 6.92 Å². The summed E-state index contributed by atoms with van der Waals surface area (Å²) in [7, 11) is 3.16. The number of para-hydroxylation sites is 1. The van der Waals surface area contributed by atoms with E-state index in [1.165, 1.54) is 0 Å². The minimum absolute atomic E-state index is 0.407. The van der Waals surface area contributed by atoms with Gasteiger partial charge in [-0.1, -0.05) is 18.2 Å². The molecule has 2 aromatic rings. The fraction of sp³-hybridized carbons (Fsp3) is 0.176. The SMILES string of the molecule is COc1cc(C=NNC(=O)Nc2ccccc2C)cc(I)c1OC. The zero-order chi connectivity index (χ0) is 17.5. The van der Waals surface area contributed by atoms with Gasteiger partial charge < -0.3 is 14.8 Å². The Balaban J connectivity index is 2.02. The second-order valence-corrected chi connectivity index (χ2v) is 6.04. The topological polar surface area (TPSA) is 72.0 Å². The van der Waals surface area contributed by atoms with E-state index in [1.54, 1.807) is 26.5 Å². The van der Waals surface area contributed by atoms with E-state index in [0.717, 1.165) is 20.4 Å². The Morgan fingerprint density at radius 3 is 2.62 bits per heavy atom. The molecule has 0 spiro atoms. The van der Waals surface area contributed by atoms with Crippen LogP contribution in [0, 0.1) is 10.5 Å². The minimum atomic E-state index is -0.407. The van der Waals surface area contributed by atoms with Gasteiger partial charge in [-0.05, 0) is 58.8 Å². The number of carbonyl (C=O) groups is 1. The van der Waals surface area contributed by atoms with Gasteiger partial charge in [0.25, 0.3) is 0 Å². The molecule has 0 heterocycles. The van der Waals surface area contributed by atoms with Gasteiger partial charge >= 0.3 is 6.03 Å². The smallest absolute Gasteiger partial charge is 0.339 e. The molecule has 0 bridgehead atoms. The van der Waals surface area contributed by atoms with Crippen molar-refractivity contribution in [3.63, 3.8) is 0 Å². The Kier molecular flexibility index (Phi) is 6.42. The molecule has 6 nitrogen and oxygen atoms in total. The summed E-state index contributed by atoms with van der Waals surface area (Å²) in [5.41, 5.74) is 4.94. The highest BCUT2D eigenvalue weighted by Crippen LogP contribution is 2.32. The first kappa shape index (κ1) is 18.1. The number of rotatable bonds is 5. The van der Waals surface area contributed by atoms with E-state index in [2.05, 4.69) is 38.4 Å². The van der Waals surface area contributed by atoms with E-state index in [4.69, 9.17) is 9.47 Å². The molecule has 2 aromatic carbocycles. The standard InChI is InChI=1S/C17H18IN3O3/c1-11-6-4-5-7-14(11)20-17(22)21-19-10-12-8-13(18)16(24-3)15(9-12)23-2/h4-10H,1-3H3,(H2,20,21,22). The number of nitrogens with one attached hydrogen (secondary N) is 2. The van der Waals surface area contributed by atoms with Crippen LogP contribution in [0.25, 0.3) is 0 Å². The number of amides is 2. The van der Waals surface area contributed by atoms with Crippen molar-refractivity contribution in [2.75, 3.05) is 19.5 Å². The first-order chi connectivity index (χ1) is 11.5. The zero-order valence-corrected chi connectivity index (χ0v) is 15.7. The Labute approximate surface area is 154 Å². The van der Waals surface area contributed by atoms with E-state index >= 15 is 0 Å². The van der Waals surface area contributed by atoms with Crippen molar-refractivity contribution in [3.05, 3.63) is 51.1 Å². The Bertz CT molecular complexity index is 763. The molecule has 0 fully saturated rings. The lowest BCUT2D eigenvalue weighted by atomic mass is 10.2. The maximum Gasteiger partial charge on any atom is 0.339 e. The number of hydrogen-bond acceptors (Lipinski definition) is 4. The molecule has 0 saturated carbocycles. The summed E-state index contributed by atoms with van der Waals surface area (Å²) in [5, 5.41) is 6.69. The quantitative estimate of drug-likeness (QED) is 0.423. The number of urea groups is 1. The van der Waals surface area contributed by atoms with Crippen LogP contribution in [-0.2, 0) is 0 Å². The van der Waals surface area contributed by atoms with Gasteiger partial charge in [0.1, 0.15) is 0 Å². The highest BCUT2D eigenvalue weighted by Gasteiger charge is 2.09. The van der Waals surface area contributed by atoms with E-state index in [-0.39, 0.29) is 0 Å². The third-order valence-electron chi connectivity index (χ3n) is 3.23. The molecule has 0 saturated heterocycles. The molecule has 2 rings (SSSR count). The molecule has 0 aliphatic rings. The molecule has 0 unspecified atom stereocenters. The fourth-order valence-corrected chi connectivity index (χ4v) is 2.89. The van der Waals surface area contributed by atoms with Crippen LogP contribution in [0.1, 0.15) is 11.1 Å². The lowest BCUT2D eigenvalue weighted by Crippen LogP contribution is -2.24. The molecule has 24 heavy (non-hydrogen) atoms. The molecular formula is C17H18IN3O3. The number of halogens is 1. The second kappa shape index (κ2) is 8.53. The van der Waals surface area contributed by atoms with Gasteiger partial charge in [0.05, 0.1) is 24.0 Å². The highest BCUT2D eigenvalue weighted by molar-refractivity contribution is 14.1. The predicted octanol–water partition coefficient (Wildman–Crippen LogP) is 3.77. The van der Waals surface area contributed by atoms with Crippen LogP contribution < -0.4 is 20.2 Å². The Morgan fingerprint density at radius 2 is 1.96 bits per heavy atom. The summed E-state index contributed by atoms with van der Waals surface area (Å²) in [6.07, 6.45) is 1.54. The Morgan fingerprint density at radius 1 is 1.21 bits per heavy atom. The van der Waals surface area contributed by atoms with E-state index in [1.807, 2.05) is 37.3 Å². The van der Waals surface area contributed by atoms with Gasteiger partial charge in [-0.3, -0.25) is 0 Å². The van der Waals surface area contributed by atoms with Crippen molar-refractivity contribution in [3.8, 4) is 11.5 Å². The first-order valence-electron chi connectivity index (χ1n) is 7.12. The predicted molar refractivity (Wildman–Crippen MR) is 103 cm³/mol. The Hall–Kier alpha value is -2.29. The van der Waals surface area contributed by atoms with Gasteiger partial charge in [0.2, 0.25) is 0 Å². The number of aryl methyl sites for hydroxylation is 1. The third kappa shape index (κ3) is 4.60.